The van der Waals surface area contributed by atoms with Crippen LogP contribution in [0.15, 0.2) is 69.1 Å². The zero-order valence-electron chi connectivity index (χ0n) is 16.7. The molecule has 0 bridgehead atoms. The van der Waals surface area contributed by atoms with Gasteiger partial charge in [0.15, 0.2) is 0 Å². The molecule has 1 aromatic heterocycles. The van der Waals surface area contributed by atoms with Crippen LogP contribution in [0.1, 0.15) is 19.3 Å². The second-order valence-corrected chi connectivity index (χ2v) is 9.93. The van der Waals surface area contributed by atoms with Crippen LogP contribution in [0.4, 0.5) is 5.69 Å². The van der Waals surface area contributed by atoms with E-state index in [1.165, 1.54) is 4.31 Å². The highest BCUT2D eigenvalue weighted by Crippen LogP contribution is 2.27. The van der Waals surface area contributed by atoms with Crippen LogP contribution in [0.3, 0.4) is 0 Å². The summed E-state index contributed by atoms with van der Waals surface area (Å²) in [6, 6.07) is 15.7. The highest BCUT2D eigenvalue weighted by molar-refractivity contribution is 7.99. The van der Waals surface area contributed by atoms with Crippen LogP contribution < -0.4 is 5.32 Å². The smallest absolute Gasteiger partial charge is 0.277 e. The van der Waals surface area contributed by atoms with Crippen LogP contribution in [0, 0.1) is 0 Å². The maximum atomic E-state index is 12.9. The van der Waals surface area contributed by atoms with Crippen molar-refractivity contribution in [3.8, 4) is 11.5 Å². The van der Waals surface area contributed by atoms with E-state index in [1.54, 1.807) is 36.4 Å². The van der Waals surface area contributed by atoms with Crippen molar-refractivity contribution in [2.45, 2.75) is 29.4 Å². The predicted octanol–water partition coefficient (Wildman–Crippen LogP) is 3.64. The third kappa shape index (κ3) is 5.33. The monoisotopic (exact) mass is 458 g/mol. The Morgan fingerprint density at radius 3 is 2.58 bits per heavy atom. The van der Waals surface area contributed by atoms with Gasteiger partial charge in [-0.3, -0.25) is 4.79 Å². The summed E-state index contributed by atoms with van der Waals surface area (Å²) in [6.45, 7) is 1.08. The second kappa shape index (κ2) is 9.63. The van der Waals surface area contributed by atoms with Crippen molar-refractivity contribution >= 4 is 33.4 Å². The number of nitrogens with zero attached hydrogens (tertiary/aromatic N) is 3. The Hall–Kier alpha value is -2.69. The van der Waals surface area contributed by atoms with Crippen LogP contribution in [-0.4, -0.2) is 47.7 Å². The molecule has 2 heterocycles. The SMILES string of the molecule is O=C(CSc1nnc(-c2cccc(S(=O)(=O)N3CCCCC3)c2)o1)Nc1ccccc1. The maximum Gasteiger partial charge on any atom is 0.277 e. The van der Waals surface area contributed by atoms with E-state index in [1.807, 2.05) is 18.2 Å². The molecule has 0 radical (unpaired) electrons. The van der Waals surface area contributed by atoms with Crippen LogP contribution in [0.2, 0.25) is 0 Å². The number of para-hydroxylation sites is 1. The number of hydrogen-bond donors (Lipinski definition) is 1. The molecule has 162 valence electrons. The van der Waals surface area contributed by atoms with E-state index in [4.69, 9.17) is 4.42 Å². The first-order valence-electron chi connectivity index (χ1n) is 9.94. The van der Waals surface area contributed by atoms with E-state index in [-0.39, 0.29) is 27.7 Å². The lowest BCUT2D eigenvalue weighted by Gasteiger charge is -2.25. The van der Waals surface area contributed by atoms with Gasteiger partial charge in [0.05, 0.1) is 10.6 Å². The van der Waals surface area contributed by atoms with E-state index in [9.17, 15) is 13.2 Å². The van der Waals surface area contributed by atoms with Crippen molar-refractivity contribution in [3.63, 3.8) is 0 Å². The molecule has 1 saturated heterocycles. The lowest BCUT2D eigenvalue weighted by Crippen LogP contribution is -2.35. The molecule has 1 amide bonds. The summed E-state index contributed by atoms with van der Waals surface area (Å²) in [4.78, 5) is 12.3. The predicted molar refractivity (Wildman–Crippen MR) is 118 cm³/mol. The summed E-state index contributed by atoms with van der Waals surface area (Å²) in [5.41, 5.74) is 1.23. The Labute approximate surface area is 185 Å². The second-order valence-electron chi connectivity index (χ2n) is 7.07. The van der Waals surface area contributed by atoms with Gasteiger partial charge in [0.25, 0.3) is 5.22 Å². The maximum absolute atomic E-state index is 12.9. The number of anilines is 1. The van der Waals surface area contributed by atoms with Crippen LogP contribution >= 0.6 is 11.8 Å². The number of rotatable bonds is 7. The molecule has 8 nitrogen and oxygen atoms in total. The summed E-state index contributed by atoms with van der Waals surface area (Å²) >= 11 is 1.12. The van der Waals surface area contributed by atoms with Gasteiger partial charge in [-0.25, -0.2) is 8.42 Å². The van der Waals surface area contributed by atoms with E-state index in [2.05, 4.69) is 15.5 Å². The third-order valence-corrected chi connectivity index (χ3v) is 7.54. The number of sulfonamides is 1. The topological polar surface area (TPSA) is 105 Å². The van der Waals surface area contributed by atoms with Gasteiger partial charge in [-0.1, -0.05) is 42.4 Å². The van der Waals surface area contributed by atoms with Gasteiger partial charge in [-0.2, -0.15) is 4.31 Å². The Bertz CT molecular complexity index is 1140. The van der Waals surface area contributed by atoms with E-state index >= 15 is 0 Å². The van der Waals surface area contributed by atoms with Crippen molar-refractivity contribution in [1.82, 2.24) is 14.5 Å². The normalized spacial score (nSPS) is 15.0. The standard InChI is InChI=1S/C21H22N4O4S2/c26-19(22-17-9-3-1-4-10-17)15-30-21-24-23-20(29-21)16-8-7-11-18(14-16)31(27,28)25-12-5-2-6-13-25/h1,3-4,7-11,14H,2,5-6,12-13,15H2,(H,22,26). The number of nitrogens with one attached hydrogen (secondary N) is 1. The fraction of sp³-hybridized carbons (Fsp3) is 0.286. The number of hydrogen-bond acceptors (Lipinski definition) is 7. The average molecular weight is 459 g/mol. The number of carbonyl (C=O) groups is 1. The number of thioether (sulfide) groups is 1. The van der Waals surface area contributed by atoms with E-state index in [0.29, 0.717) is 24.3 Å². The quantitative estimate of drug-likeness (QED) is 0.539. The first-order valence-corrected chi connectivity index (χ1v) is 12.4. The van der Waals surface area contributed by atoms with Gasteiger partial charge in [-0.05, 0) is 43.2 Å². The summed E-state index contributed by atoms with van der Waals surface area (Å²) in [5.74, 6) is 0.132. The zero-order chi connectivity index (χ0) is 21.7. The van der Waals surface area contributed by atoms with Gasteiger partial charge >= 0.3 is 0 Å². The average Bonchev–Trinajstić information content (AvgIpc) is 3.28. The number of benzene rings is 2. The van der Waals surface area contributed by atoms with E-state index in [0.717, 1.165) is 31.0 Å². The highest BCUT2D eigenvalue weighted by atomic mass is 32.2. The number of amides is 1. The van der Waals surface area contributed by atoms with Crippen LogP contribution in [-0.2, 0) is 14.8 Å². The minimum absolute atomic E-state index is 0.111. The lowest BCUT2D eigenvalue weighted by atomic mass is 10.2. The molecule has 0 atom stereocenters. The molecule has 4 rings (SSSR count). The number of piperidine rings is 1. The fourth-order valence-corrected chi connectivity index (χ4v) is 5.40. The molecular weight excluding hydrogens is 436 g/mol. The first-order chi connectivity index (χ1) is 15.0. The molecule has 10 heteroatoms. The molecule has 1 fully saturated rings. The molecule has 0 unspecified atom stereocenters. The van der Waals surface area contributed by atoms with Gasteiger partial charge in [0.1, 0.15) is 0 Å². The van der Waals surface area contributed by atoms with Crippen LogP contribution in [0.25, 0.3) is 11.5 Å². The largest absolute Gasteiger partial charge is 0.411 e. The van der Waals surface area contributed by atoms with Crippen molar-refractivity contribution in [2.75, 3.05) is 24.2 Å². The van der Waals surface area contributed by atoms with Gasteiger partial charge in [0.2, 0.25) is 21.8 Å². The summed E-state index contributed by atoms with van der Waals surface area (Å²) in [6.07, 6.45) is 2.81. The first kappa shape index (κ1) is 21.5. The fourth-order valence-electron chi connectivity index (χ4n) is 3.27. The molecule has 1 N–H and O–H groups in total. The van der Waals surface area contributed by atoms with E-state index < -0.39 is 10.0 Å². The van der Waals surface area contributed by atoms with Crippen molar-refractivity contribution in [3.05, 3.63) is 54.6 Å². The molecule has 0 saturated carbocycles. The van der Waals surface area contributed by atoms with Crippen molar-refractivity contribution in [2.24, 2.45) is 0 Å². The highest BCUT2D eigenvalue weighted by Gasteiger charge is 2.26. The minimum Gasteiger partial charge on any atom is -0.411 e. The van der Waals surface area contributed by atoms with Gasteiger partial charge in [0, 0.05) is 24.3 Å². The molecule has 1 aliphatic rings. The van der Waals surface area contributed by atoms with Crippen LogP contribution in [0.5, 0.6) is 0 Å². The molecule has 2 aromatic carbocycles. The summed E-state index contributed by atoms with van der Waals surface area (Å²) in [7, 11) is -3.55. The molecule has 0 aliphatic carbocycles. The zero-order valence-corrected chi connectivity index (χ0v) is 18.4. The Kier molecular flexibility index (Phi) is 6.69. The molecule has 1 aliphatic heterocycles. The Morgan fingerprint density at radius 1 is 1.03 bits per heavy atom. The number of carbonyl (C=O) groups excluding carboxylic acids is 1. The molecule has 3 aromatic rings. The third-order valence-electron chi connectivity index (χ3n) is 4.82. The lowest BCUT2D eigenvalue weighted by molar-refractivity contribution is -0.113. The summed E-state index contributed by atoms with van der Waals surface area (Å²) < 4.78 is 33.0. The molecular formula is C21H22N4O4S2. The minimum atomic E-state index is -3.55. The Morgan fingerprint density at radius 2 is 1.81 bits per heavy atom. The van der Waals surface area contributed by atoms with Crippen molar-refractivity contribution in [1.29, 1.82) is 0 Å². The van der Waals surface area contributed by atoms with Crippen molar-refractivity contribution < 1.29 is 17.6 Å². The Balaban J connectivity index is 1.42. The van der Waals surface area contributed by atoms with Gasteiger partial charge in [-0.15, -0.1) is 10.2 Å². The molecule has 31 heavy (non-hydrogen) atoms. The molecule has 0 spiro atoms. The summed E-state index contributed by atoms with van der Waals surface area (Å²) in [5, 5.41) is 11.0. The van der Waals surface area contributed by atoms with Gasteiger partial charge < -0.3 is 9.73 Å². The number of aromatic nitrogens is 2.